The number of sulfone groups is 1. The van der Waals surface area contributed by atoms with Crippen LogP contribution in [0.4, 0.5) is 0 Å². The molecule has 0 unspecified atom stereocenters. The van der Waals surface area contributed by atoms with Crippen LogP contribution in [0.5, 0.6) is 0 Å². The molecule has 1 saturated carbocycles. The van der Waals surface area contributed by atoms with Crippen molar-refractivity contribution in [2.75, 3.05) is 6.26 Å². The number of aromatic amines is 1. The molecule has 5 rings (SSSR count). The molecule has 0 saturated heterocycles. The second-order valence-electron chi connectivity index (χ2n) is 8.82. The first-order valence-corrected chi connectivity index (χ1v) is 13.5. The van der Waals surface area contributed by atoms with Gasteiger partial charge in [-0.2, -0.15) is 0 Å². The summed E-state index contributed by atoms with van der Waals surface area (Å²) in [5, 5.41) is 0.912. The molecule has 1 aliphatic rings. The number of pyridine rings is 1. The normalized spacial score (nSPS) is 19.7. The molecule has 4 aromatic rings. The Balaban J connectivity index is 1.77. The summed E-state index contributed by atoms with van der Waals surface area (Å²) in [5.41, 5.74) is 2.81. The topological polar surface area (TPSA) is 89.8 Å². The van der Waals surface area contributed by atoms with Crippen LogP contribution < -0.4 is 5.69 Å². The molecule has 32 heavy (non-hydrogen) atoms. The highest BCUT2D eigenvalue weighted by molar-refractivity contribution is 9.10. The van der Waals surface area contributed by atoms with Crippen LogP contribution in [-0.2, 0) is 16.4 Å². The van der Waals surface area contributed by atoms with Gasteiger partial charge >= 0.3 is 5.69 Å². The smallest absolute Gasteiger partial charge is 0.329 e. The van der Waals surface area contributed by atoms with Crippen LogP contribution in [0.15, 0.2) is 50.8 Å². The van der Waals surface area contributed by atoms with Crippen molar-refractivity contribution in [2.24, 2.45) is 5.92 Å². The summed E-state index contributed by atoms with van der Waals surface area (Å²) in [6.07, 6.45) is 9.09. The Hall–Kier alpha value is -2.39. The van der Waals surface area contributed by atoms with Gasteiger partial charge in [-0.25, -0.2) is 18.2 Å². The number of rotatable bonds is 4. The van der Waals surface area contributed by atoms with E-state index in [-0.39, 0.29) is 23.2 Å². The highest BCUT2D eigenvalue weighted by Crippen LogP contribution is 2.36. The van der Waals surface area contributed by atoms with E-state index < -0.39 is 9.84 Å². The minimum absolute atomic E-state index is 0.111. The Morgan fingerprint density at radius 3 is 2.75 bits per heavy atom. The van der Waals surface area contributed by atoms with Crippen LogP contribution in [0.1, 0.15) is 44.2 Å². The van der Waals surface area contributed by atoms with Gasteiger partial charge in [-0.3, -0.25) is 9.13 Å². The second-order valence-corrected chi connectivity index (χ2v) is 11.7. The van der Waals surface area contributed by atoms with Crippen molar-refractivity contribution in [3.05, 3.63) is 57.2 Å². The fourth-order valence-electron chi connectivity index (χ4n) is 5.08. The molecule has 0 aliphatic heterocycles. The number of nitrogens with one attached hydrogen (secondary N) is 1. The molecule has 1 aromatic carbocycles. The van der Waals surface area contributed by atoms with Gasteiger partial charge in [-0.1, -0.05) is 41.8 Å². The summed E-state index contributed by atoms with van der Waals surface area (Å²) in [4.78, 5) is 21.8. The summed E-state index contributed by atoms with van der Waals surface area (Å²) in [6.45, 7) is 2.38. The predicted molar refractivity (Wildman–Crippen MR) is 129 cm³/mol. The third-order valence-electron chi connectivity index (χ3n) is 6.66. The number of imidazole rings is 1. The van der Waals surface area contributed by atoms with E-state index in [1.807, 2.05) is 16.8 Å². The van der Waals surface area contributed by atoms with Crippen LogP contribution in [0.3, 0.4) is 0 Å². The zero-order valence-corrected chi connectivity index (χ0v) is 20.4. The lowest BCUT2D eigenvalue weighted by atomic mass is 9.85. The lowest BCUT2D eigenvalue weighted by Gasteiger charge is -2.29. The van der Waals surface area contributed by atoms with E-state index >= 15 is 0 Å². The lowest BCUT2D eigenvalue weighted by molar-refractivity contribution is 0.256. The van der Waals surface area contributed by atoms with E-state index in [2.05, 4.69) is 32.8 Å². The van der Waals surface area contributed by atoms with Gasteiger partial charge < -0.3 is 4.98 Å². The number of hydrogen-bond acceptors (Lipinski definition) is 4. The van der Waals surface area contributed by atoms with Gasteiger partial charge in [0.1, 0.15) is 5.65 Å². The summed E-state index contributed by atoms with van der Waals surface area (Å²) < 4.78 is 29.2. The van der Waals surface area contributed by atoms with E-state index in [4.69, 9.17) is 0 Å². The van der Waals surface area contributed by atoms with E-state index in [0.717, 1.165) is 41.3 Å². The predicted octanol–water partition coefficient (Wildman–Crippen LogP) is 4.64. The number of nitrogens with zero attached hydrogens (tertiary/aromatic N) is 3. The molecule has 2 atom stereocenters. The van der Waals surface area contributed by atoms with E-state index in [9.17, 15) is 13.2 Å². The van der Waals surface area contributed by atoms with Crippen molar-refractivity contribution in [3.8, 4) is 0 Å². The minimum Gasteiger partial charge on any atom is -0.346 e. The number of benzene rings is 1. The second kappa shape index (κ2) is 7.88. The molecule has 3 heterocycles. The molecule has 3 aromatic heterocycles. The Kier molecular flexibility index (Phi) is 5.28. The first-order chi connectivity index (χ1) is 15.3. The van der Waals surface area contributed by atoms with E-state index in [0.29, 0.717) is 16.0 Å². The molecule has 7 nitrogen and oxygen atoms in total. The minimum atomic E-state index is -3.46. The Morgan fingerprint density at radius 1 is 1.22 bits per heavy atom. The first-order valence-electron chi connectivity index (χ1n) is 10.8. The van der Waals surface area contributed by atoms with E-state index in [1.54, 1.807) is 29.0 Å². The molecule has 168 valence electrons. The van der Waals surface area contributed by atoms with Crippen molar-refractivity contribution < 1.29 is 8.42 Å². The Bertz CT molecular complexity index is 1500. The van der Waals surface area contributed by atoms with Gasteiger partial charge in [0.25, 0.3) is 0 Å². The summed E-state index contributed by atoms with van der Waals surface area (Å²) in [6, 6.07) is 7.24. The van der Waals surface area contributed by atoms with Crippen LogP contribution in [0, 0.1) is 5.92 Å². The maximum Gasteiger partial charge on any atom is 0.329 e. The summed E-state index contributed by atoms with van der Waals surface area (Å²) in [7, 11) is -3.46. The van der Waals surface area contributed by atoms with Crippen molar-refractivity contribution in [2.45, 2.75) is 50.1 Å². The summed E-state index contributed by atoms with van der Waals surface area (Å²) in [5.74, 6) is 0.391. The van der Waals surface area contributed by atoms with Gasteiger partial charge in [0.2, 0.25) is 0 Å². The molecule has 1 aliphatic carbocycles. The van der Waals surface area contributed by atoms with Gasteiger partial charge in [0.15, 0.2) is 9.84 Å². The van der Waals surface area contributed by atoms with Crippen molar-refractivity contribution >= 4 is 47.8 Å². The fourth-order valence-corrected chi connectivity index (χ4v) is 6.54. The third-order valence-corrected chi connectivity index (χ3v) is 8.33. The van der Waals surface area contributed by atoms with Gasteiger partial charge in [-0.05, 0) is 42.5 Å². The Morgan fingerprint density at radius 2 is 2.00 bits per heavy atom. The van der Waals surface area contributed by atoms with Crippen LogP contribution >= 0.6 is 15.9 Å². The highest BCUT2D eigenvalue weighted by Gasteiger charge is 2.29. The molecule has 0 amide bonds. The van der Waals surface area contributed by atoms with Crippen LogP contribution in [0.25, 0.3) is 22.1 Å². The number of hydrogen-bond donors (Lipinski definition) is 1. The number of aromatic nitrogens is 4. The molecule has 0 bridgehead atoms. The van der Waals surface area contributed by atoms with Gasteiger partial charge in [0.05, 0.1) is 28.7 Å². The van der Waals surface area contributed by atoms with Crippen molar-refractivity contribution in [1.29, 1.82) is 0 Å². The molecule has 0 radical (unpaired) electrons. The quantitative estimate of drug-likeness (QED) is 0.427. The fraction of sp³-hybridized carbons (Fsp3) is 0.391. The van der Waals surface area contributed by atoms with Gasteiger partial charge in [-0.15, -0.1) is 0 Å². The number of fused-ring (bicyclic) bond motifs is 3. The van der Waals surface area contributed by atoms with Crippen LogP contribution in [0.2, 0.25) is 0 Å². The standard InChI is InChI=1S/C23H25BrN4O3S/c1-14-5-3-4-6-18(14)28-21-17-9-10-25-22(17)26-12-19(21)27(23(28)29)13-15-7-8-16(24)11-20(15)32(2,30)31/h7-12,14,18H,3-6,13H2,1-2H3,(H,25,26)/t14-,18+/m1/s1. The average Bonchev–Trinajstić information content (AvgIpc) is 3.32. The van der Waals surface area contributed by atoms with E-state index in [1.165, 1.54) is 12.7 Å². The summed E-state index contributed by atoms with van der Waals surface area (Å²) >= 11 is 3.36. The monoisotopic (exact) mass is 516 g/mol. The van der Waals surface area contributed by atoms with Crippen molar-refractivity contribution in [3.63, 3.8) is 0 Å². The Labute approximate surface area is 194 Å². The maximum atomic E-state index is 13.9. The molecular weight excluding hydrogens is 492 g/mol. The molecular formula is C23H25BrN4O3S. The average molecular weight is 517 g/mol. The lowest BCUT2D eigenvalue weighted by Crippen LogP contribution is -2.32. The molecule has 1 N–H and O–H groups in total. The number of halogens is 1. The van der Waals surface area contributed by atoms with Crippen LogP contribution in [-0.4, -0.2) is 33.8 Å². The molecule has 9 heteroatoms. The van der Waals surface area contributed by atoms with Gasteiger partial charge in [0, 0.05) is 28.4 Å². The largest absolute Gasteiger partial charge is 0.346 e. The van der Waals surface area contributed by atoms with Crippen molar-refractivity contribution in [1.82, 2.24) is 19.1 Å². The first kappa shape index (κ1) is 21.5. The highest BCUT2D eigenvalue weighted by atomic mass is 79.9. The molecule has 0 spiro atoms. The molecule has 1 fully saturated rings. The zero-order chi connectivity index (χ0) is 22.6. The SMILES string of the molecule is C[C@@H]1CCCC[C@@H]1n1c(=O)n(Cc2ccc(Br)cc2S(C)(=O)=O)c2cnc3[nH]ccc3c21. The maximum absolute atomic E-state index is 13.9. The zero-order valence-electron chi connectivity index (χ0n) is 18.0. The third kappa shape index (κ3) is 3.51. The number of H-pyrrole nitrogens is 1.